The van der Waals surface area contributed by atoms with Crippen LogP contribution in [0.5, 0.6) is 0 Å². The molecule has 1 atom stereocenters. The normalized spacial score (nSPS) is 13.3. The fourth-order valence-electron chi connectivity index (χ4n) is 0.843. The number of nitrogens with zero attached hydrogens (tertiary/aromatic N) is 2. The summed E-state index contributed by atoms with van der Waals surface area (Å²) in [4.78, 5) is 12.9. The number of rotatable bonds is 3. The van der Waals surface area contributed by atoms with Gasteiger partial charge in [-0.15, -0.1) is 0 Å². The van der Waals surface area contributed by atoms with Crippen molar-refractivity contribution in [2.24, 2.45) is 0 Å². The smallest absolute Gasteiger partial charge is 0.260 e. The van der Waals surface area contributed by atoms with E-state index in [9.17, 15) is 4.79 Å². The van der Waals surface area contributed by atoms with Crippen LogP contribution in [-0.4, -0.2) is 27.9 Å². The van der Waals surface area contributed by atoms with E-state index in [1.807, 2.05) is 25.9 Å². The van der Waals surface area contributed by atoms with Crippen molar-refractivity contribution in [1.29, 1.82) is 0 Å². The summed E-state index contributed by atoms with van der Waals surface area (Å²) in [5.41, 5.74) is 0.782. The van der Waals surface area contributed by atoms with Crippen LogP contribution in [0.25, 0.3) is 0 Å². The monoisotopic (exact) mass is 294 g/mol. The Labute approximate surface area is 90.4 Å². The van der Waals surface area contributed by atoms with Gasteiger partial charge in [0.2, 0.25) is 5.76 Å². The standard InChI is InChI=1S/C8H11IN2O2/c1-5(11(2)3)6-4-7(8(9)12)13-10-6/h4-5H,1-3H3. The molecular weight excluding hydrogens is 283 g/mol. The van der Waals surface area contributed by atoms with Crippen LogP contribution in [-0.2, 0) is 0 Å². The lowest BCUT2D eigenvalue weighted by Crippen LogP contribution is -2.16. The largest absolute Gasteiger partial charge is 0.352 e. The maximum atomic E-state index is 10.9. The van der Waals surface area contributed by atoms with Gasteiger partial charge in [-0.05, 0) is 21.0 Å². The second kappa shape index (κ2) is 4.19. The van der Waals surface area contributed by atoms with E-state index in [-0.39, 0.29) is 9.83 Å². The van der Waals surface area contributed by atoms with E-state index in [0.717, 1.165) is 5.69 Å². The lowest BCUT2D eigenvalue weighted by Gasteiger charge is -2.15. The Hall–Kier alpha value is -0.430. The molecule has 4 nitrogen and oxygen atoms in total. The highest BCUT2D eigenvalue weighted by molar-refractivity contribution is 14.1. The molecule has 0 aliphatic heterocycles. The zero-order valence-electron chi connectivity index (χ0n) is 7.74. The first-order valence-electron chi connectivity index (χ1n) is 3.85. The summed E-state index contributed by atoms with van der Waals surface area (Å²) in [6, 6.07) is 1.84. The van der Waals surface area contributed by atoms with Gasteiger partial charge in [-0.2, -0.15) is 0 Å². The molecule has 1 rings (SSSR count). The molecule has 0 saturated heterocycles. The SMILES string of the molecule is CC(c1cc(C(=O)I)on1)N(C)C. The Balaban J connectivity index is 2.85. The minimum atomic E-state index is -0.123. The number of carbonyl (C=O) groups is 1. The summed E-state index contributed by atoms with van der Waals surface area (Å²) < 4.78 is 4.74. The molecule has 0 aliphatic rings. The number of halogens is 1. The first-order chi connectivity index (χ1) is 6.02. The molecule has 1 aromatic rings. The van der Waals surface area contributed by atoms with Gasteiger partial charge in [0.25, 0.3) is 3.79 Å². The highest BCUT2D eigenvalue weighted by atomic mass is 127. The van der Waals surface area contributed by atoms with Crippen molar-refractivity contribution in [1.82, 2.24) is 10.1 Å². The average Bonchev–Trinajstić information content (AvgIpc) is 2.50. The molecule has 0 fully saturated rings. The highest BCUT2D eigenvalue weighted by Gasteiger charge is 2.15. The molecule has 72 valence electrons. The predicted octanol–water partition coefficient (Wildman–Crippen LogP) is 1.87. The van der Waals surface area contributed by atoms with Crippen LogP contribution in [0.4, 0.5) is 0 Å². The van der Waals surface area contributed by atoms with Crippen molar-refractivity contribution >= 4 is 26.4 Å². The molecule has 0 radical (unpaired) electrons. The predicted molar refractivity (Wildman–Crippen MR) is 57.0 cm³/mol. The summed E-state index contributed by atoms with van der Waals surface area (Å²) in [6.07, 6.45) is 0. The molecule has 0 spiro atoms. The highest BCUT2D eigenvalue weighted by Crippen LogP contribution is 2.18. The third-order valence-electron chi connectivity index (χ3n) is 1.92. The van der Waals surface area contributed by atoms with Crippen molar-refractivity contribution in [2.45, 2.75) is 13.0 Å². The third kappa shape index (κ3) is 2.50. The fraction of sp³-hybridized carbons (Fsp3) is 0.500. The molecule has 0 bridgehead atoms. The molecule has 0 saturated carbocycles. The van der Waals surface area contributed by atoms with Crippen molar-refractivity contribution in [3.63, 3.8) is 0 Å². The van der Waals surface area contributed by atoms with Crippen LogP contribution in [0.2, 0.25) is 0 Å². The first-order valence-corrected chi connectivity index (χ1v) is 4.93. The fourth-order valence-corrected chi connectivity index (χ4v) is 1.10. The van der Waals surface area contributed by atoms with Gasteiger partial charge >= 0.3 is 0 Å². The zero-order valence-corrected chi connectivity index (χ0v) is 9.90. The Morgan fingerprint density at radius 1 is 1.69 bits per heavy atom. The Morgan fingerprint density at radius 2 is 2.31 bits per heavy atom. The van der Waals surface area contributed by atoms with Crippen molar-refractivity contribution in [3.8, 4) is 0 Å². The molecule has 1 aromatic heterocycles. The first kappa shape index (κ1) is 10.6. The lowest BCUT2D eigenvalue weighted by molar-refractivity contribution is 0.107. The Bertz CT molecular complexity index is 309. The van der Waals surface area contributed by atoms with E-state index in [1.165, 1.54) is 0 Å². The van der Waals surface area contributed by atoms with Gasteiger partial charge in [-0.25, -0.2) is 0 Å². The van der Waals surface area contributed by atoms with E-state index in [1.54, 1.807) is 28.7 Å². The van der Waals surface area contributed by atoms with E-state index in [4.69, 9.17) is 4.52 Å². The van der Waals surface area contributed by atoms with E-state index in [2.05, 4.69) is 5.16 Å². The molecule has 13 heavy (non-hydrogen) atoms. The summed E-state index contributed by atoms with van der Waals surface area (Å²) in [5.74, 6) is 0.310. The Morgan fingerprint density at radius 3 is 2.69 bits per heavy atom. The molecule has 5 heteroatoms. The molecule has 1 unspecified atom stereocenters. The van der Waals surface area contributed by atoms with Crippen molar-refractivity contribution in [2.75, 3.05) is 14.1 Å². The molecule has 0 aliphatic carbocycles. The lowest BCUT2D eigenvalue weighted by atomic mass is 10.2. The quantitative estimate of drug-likeness (QED) is 0.631. The van der Waals surface area contributed by atoms with Gasteiger partial charge in [-0.3, -0.25) is 4.79 Å². The van der Waals surface area contributed by atoms with Crippen LogP contribution in [0.15, 0.2) is 10.6 Å². The third-order valence-corrected chi connectivity index (χ3v) is 2.46. The van der Waals surface area contributed by atoms with E-state index in [0.29, 0.717) is 5.76 Å². The molecule has 0 N–H and O–H groups in total. The molecule has 1 heterocycles. The topological polar surface area (TPSA) is 46.3 Å². The van der Waals surface area contributed by atoms with Crippen LogP contribution in [0.1, 0.15) is 29.2 Å². The molecule has 0 amide bonds. The van der Waals surface area contributed by atoms with E-state index < -0.39 is 0 Å². The van der Waals surface area contributed by atoms with Gasteiger partial charge in [0, 0.05) is 28.7 Å². The summed E-state index contributed by atoms with van der Waals surface area (Å²) in [6.45, 7) is 2.00. The second-order valence-electron chi connectivity index (χ2n) is 3.03. The van der Waals surface area contributed by atoms with Crippen LogP contribution >= 0.6 is 22.6 Å². The maximum Gasteiger partial charge on any atom is 0.260 e. The number of hydrogen-bond acceptors (Lipinski definition) is 4. The Kier molecular flexibility index (Phi) is 3.43. The average molecular weight is 294 g/mol. The minimum absolute atomic E-state index is 0.123. The van der Waals surface area contributed by atoms with Crippen LogP contribution in [0, 0.1) is 0 Å². The van der Waals surface area contributed by atoms with Gasteiger partial charge in [0.1, 0.15) is 5.69 Å². The van der Waals surface area contributed by atoms with Crippen LogP contribution in [0.3, 0.4) is 0 Å². The molecule has 0 aromatic carbocycles. The molecular formula is C8H11IN2O2. The minimum Gasteiger partial charge on any atom is -0.352 e. The summed E-state index contributed by atoms with van der Waals surface area (Å²) >= 11 is 1.68. The van der Waals surface area contributed by atoms with Crippen molar-refractivity contribution in [3.05, 3.63) is 17.5 Å². The number of hydrogen-bond donors (Lipinski definition) is 0. The van der Waals surface area contributed by atoms with Gasteiger partial charge in [-0.1, -0.05) is 5.16 Å². The zero-order chi connectivity index (χ0) is 10.0. The summed E-state index contributed by atoms with van der Waals surface area (Å²) in [5, 5.41) is 3.82. The second-order valence-corrected chi connectivity index (χ2v) is 4.01. The van der Waals surface area contributed by atoms with Crippen LogP contribution < -0.4 is 0 Å². The number of aromatic nitrogens is 1. The number of carbonyl (C=O) groups excluding carboxylic acids is 1. The summed E-state index contributed by atoms with van der Waals surface area (Å²) in [7, 11) is 3.90. The van der Waals surface area contributed by atoms with Crippen molar-refractivity contribution < 1.29 is 9.32 Å². The van der Waals surface area contributed by atoms with E-state index >= 15 is 0 Å². The maximum absolute atomic E-state index is 10.9. The van der Waals surface area contributed by atoms with Gasteiger partial charge in [0.15, 0.2) is 0 Å². The van der Waals surface area contributed by atoms with Gasteiger partial charge < -0.3 is 9.42 Å². The van der Waals surface area contributed by atoms with Gasteiger partial charge in [0.05, 0.1) is 6.04 Å².